The molecule has 1 saturated heterocycles. The summed E-state index contributed by atoms with van der Waals surface area (Å²) in [4.78, 5) is 22.1. The number of ketones is 1. The molecule has 1 heterocycles. The Kier molecular flexibility index (Phi) is 4.74. The van der Waals surface area contributed by atoms with Gasteiger partial charge in [-0.1, -0.05) is 34.6 Å². The average Bonchev–Trinajstić information content (AvgIpc) is 2.65. The molecule has 1 aliphatic rings. The predicted octanol–water partition coefficient (Wildman–Crippen LogP) is 1.28. The summed E-state index contributed by atoms with van der Waals surface area (Å²) < 4.78 is 11.0. The van der Waals surface area contributed by atoms with Gasteiger partial charge in [0.25, 0.3) is 0 Å². The normalized spacial score (nSPS) is 32.4. The van der Waals surface area contributed by atoms with Crippen molar-refractivity contribution in [2.45, 2.75) is 45.8 Å². The maximum absolute atomic E-state index is 11.9. The lowest BCUT2D eigenvalue weighted by atomic mass is 9.89. The maximum Gasteiger partial charge on any atom is 0.501 e. The Bertz CT molecular complexity index is 374. The lowest BCUT2D eigenvalue weighted by molar-refractivity contribution is -0.121. The third-order valence-corrected chi connectivity index (χ3v) is 5.86. The van der Waals surface area contributed by atoms with E-state index < -0.39 is 19.8 Å². The van der Waals surface area contributed by atoms with Crippen molar-refractivity contribution in [1.82, 2.24) is 0 Å². The van der Waals surface area contributed by atoms with Crippen molar-refractivity contribution in [1.29, 1.82) is 0 Å². The molecular formula is C13H24O5Si. The van der Waals surface area contributed by atoms with Crippen molar-refractivity contribution >= 4 is 14.6 Å². The molecule has 0 spiro atoms. The molecule has 0 radical (unpaired) electrons. The Labute approximate surface area is 115 Å². The molecule has 5 nitrogen and oxygen atoms in total. The fourth-order valence-corrected chi connectivity index (χ4v) is 3.40. The first-order valence-electron chi connectivity index (χ1n) is 6.46. The zero-order valence-electron chi connectivity index (χ0n) is 12.3. The second-order valence-electron chi connectivity index (χ2n) is 6.35. The van der Waals surface area contributed by atoms with Gasteiger partial charge in [0.1, 0.15) is 5.60 Å². The Hall–Kier alpha value is -0.533. The van der Waals surface area contributed by atoms with E-state index in [2.05, 4.69) is 0 Å². The largest absolute Gasteiger partial charge is 0.501 e. The standard InChI is InChI=1S/C13H24O5Si/c1-10(2)19(16)17-9-13(8-14,18-19)7-6-11(15)12(3,4)5/h6-7,10,14,16H,8-9H2,1-5H3/b7-6+. The first-order chi connectivity index (χ1) is 8.55. The molecule has 19 heavy (non-hydrogen) atoms. The van der Waals surface area contributed by atoms with E-state index >= 15 is 0 Å². The molecule has 2 N–H and O–H groups in total. The molecule has 2 unspecified atom stereocenters. The van der Waals surface area contributed by atoms with Gasteiger partial charge in [0, 0.05) is 11.0 Å². The highest BCUT2D eigenvalue weighted by atomic mass is 28.4. The van der Waals surface area contributed by atoms with Crippen molar-refractivity contribution in [2.75, 3.05) is 13.2 Å². The molecule has 0 aromatic rings. The van der Waals surface area contributed by atoms with Gasteiger partial charge >= 0.3 is 8.80 Å². The van der Waals surface area contributed by atoms with E-state index in [1.165, 1.54) is 12.2 Å². The van der Waals surface area contributed by atoms with Crippen LogP contribution in [0.25, 0.3) is 0 Å². The molecule has 1 fully saturated rings. The van der Waals surface area contributed by atoms with Crippen LogP contribution in [0.3, 0.4) is 0 Å². The Morgan fingerprint density at radius 3 is 2.42 bits per heavy atom. The second kappa shape index (κ2) is 5.45. The van der Waals surface area contributed by atoms with Crippen molar-refractivity contribution in [3.8, 4) is 0 Å². The number of carbonyl (C=O) groups is 1. The van der Waals surface area contributed by atoms with E-state index in [9.17, 15) is 14.7 Å². The zero-order valence-corrected chi connectivity index (χ0v) is 13.3. The first-order valence-corrected chi connectivity index (χ1v) is 8.30. The third-order valence-electron chi connectivity index (χ3n) is 3.15. The summed E-state index contributed by atoms with van der Waals surface area (Å²) >= 11 is 0. The Morgan fingerprint density at radius 1 is 1.47 bits per heavy atom. The van der Waals surface area contributed by atoms with Crippen LogP contribution in [0.4, 0.5) is 0 Å². The quantitative estimate of drug-likeness (QED) is 0.602. The number of allylic oxidation sites excluding steroid dienone is 1. The molecule has 110 valence electrons. The minimum absolute atomic E-state index is 0.0643. The monoisotopic (exact) mass is 288 g/mol. The van der Waals surface area contributed by atoms with E-state index in [4.69, 9.17) is 8.85 Å². The van der Waals surface area contributed by atoms with Gasteiger partial charge in [0.05, 0.1) is 13.2 Å². The SMILES string of the molecule is CC(C)[Si]1(O)OCC(/C=C/C(=O)C(C)(C)C)(CO)O1. The van der Waals surface area contributed by atoms with Crippen molar-refractivity contribution < 1.29 is 23.5 Å². The van der Waals surface area contributed by atoms with E-state index in [0.29, 0.717) is 0 Å². The maximum atomic E-state index is 11.9. The second-order valence-corrected chi connectivity index (χ2v) is 9.26. The Balaban J connectivity index is 2.86. The summed E-state index contributed by atoms with van der Waals surface area (Å²) in [6, 6.07) is 0. The number of hydrogen-bond acceptors (Lipinski definition) is 5. The van der Waals surface area contributed by atoms with Gasteiger partial charge in [0.15, 0.2) is 5.78 Å². The lowest BCUT2D eigenvalue weighted by Gasteiger charge is -2.25. The number of aliphatic hydroxyl groups excluding tert-OH is 1. The van der Waals surface area contributed by atoms with E-state index in [1.54, 1.807) is 0 Å². The lowest BCUT2D eigenvalue weighted by Crippen LogP contribution is -2.44. The van der Waals surface area contributed by atoms with Crippen LogP contribution in [0.1, 0.15) is 34.6 Å². The molecule has 6 heteroatoms. The topological polar surface area (TPSA) is 76.0 Å². The molecule has 2 atom stereocenters. The number of rotatable bonds is 4. The van der Waals surface area contributed by atoms with E-state index in [1.807, 2.05) is 34.6 Å². The van der Waals surface area contributed by atoms with E-state index in [-0.39, 0.29) is 24.5 Å². The van der Waals surface area contributed by atoms with Gasteiger partial charge in [-0.3, -0.25) is 4.79 Å². The summed E-state index contributed by atoms with van der Waals surface area (Å²) in [7, 11) is -3.26. The fourth-order valence-electron chi connectivity index (χ4n) is 1.55. The van der Waals surface area contributed by atoms with E-state index in [0.717, 1.165) is 0 Å². The highest BCUT2D eigenvalue weighted by Crippen LogP contribution is 2.34. The van der Waals surface area contributed by atoms with Crippen LogP contribution < -0.4 is 0 Å². The minimum Gasteiger partial charge on any atom is -0.393 e. The Morgan fingerprint density at radius 2 is 2.05 bits per heavy atom. The molecular weight excluding hydrogens is 264 g/mol. The van der Waals surface area contributed by atoms with Crippen molar-refractivity contribution in [2.24, 2.45) is 5.41 Å². The van der Waals surface area contributed by atoms with Crippen LogP contribution in [-0.4, -0.2) is 43.3 Å². The van der Waals surface area contributed by atoms with Gasteiger partial charge in [0.2, 0.25) is 0 Å². The first kappa shape index (κ1) is 16.5. The van der Waals surface area contributed by atoms with Crippen LogP contribution in [0.5, 0.6) is 0 Å². The molecule has 0 amide bonds. The fraction of sp³-hybridized carbons (Fsp3) is 0.769. The van der Waals surface area contributed by atoms with Crippen molar-refractivity contribution in [3.63, 3.8) is 0 Å². The van der Waals surface area contributed by atoms with Gasteiger partial charge in [-0.25, -0.2) is 0 Å². The summed E-state index contributed by atoms with van der Waals surface area (Å²) in [5.74, 6) is -0.0643. The molecule has 0 saturated carbocycles. The molecule has 1 rings (SSSR count). The van der Waals surface area contributed by atoms with Crippen LogP contribution in [-0.2, 0) is 13.6 Å². The molecule has 0 aliphatic carbocycles. The zero-order chi connectivity index (χ0) is 14.9. The summed E-state index contributed by atoms with van der Waals surface area (Å²) in [6.07, 6.45) is 2.91. The molecule has 0 aromatic heterocycles. The van der Waals surface area contributed by atoms with Gasteiger partial charge < -0.3 is 18.8 Å². The third kappa shape index (κ3) is 3.73. The van der Waals surface area contributed by atoms with Gasteiger partial charge in [-0.2, -0.15) is 0 Å². The summed E-state index contributed by atoms with van der Waals surface area (Å²) in [5.41, 5.74) is -1.74. The summed E-state index contributed by atoms with van der Waals surface area (Å²) in [5, 5.41) is 9.49. The van der Waals surface area contributed by atoms with Crippen molar-refractivity contribution in [3.05, 3.63) is 12.2 Å². The predicted molar refractivity (Wildman–Crippen MR) is 73.5 cm³/mol. The number of hydrogen-bond donors (Lipinski definition) is 2. The van der Waals surface area contributed by atoms with Crippen LogP contribution >= 0.6 is 0 Å². The average molecular weight is 288 g/mol. The molecule has 0 aromatic carbocycles. The minimum atomic E-state index is -3.26. The van der Waals surface area contributed by atoms with Gasteiger partial charge in [-0.05, 0) is 12.2 Å². The molecule has 0 bridgehead atoms. The number of carbonyl (C=O) groups excluding carboxylic acids is 1. The summed E-state index contributed by atoms with van der Waals surface area (Å²) in [6.45, 7) is 8.80. The highest BCUT2D eigenvalue weighted by Gasteiger charge is 2.54. The molecule has 1 aliphatic heterocycles. The number of aliphatic hydroxyl groups is 1. The van der Waals surface area contributed by atoms with Gasteiger partial charge in [-0.15, -0.1) is 0 Å². The highest BCUT2D eigenvalue weighted by molar-refractivity contribution is 6.61. The van der Waals surface area contributed by atoms with Crippen LogP contribution in [0.15, 0.2) is 12.2 Å². The van der Waals surface area contributed by atoms with Crippen LogP contribution in [0.2, 0.25) is 5.54 Å². The van der Waals surface area contributed by atoms with Crippen LogP contribution in [0, 0.1) is 5.41 Å². The smallest absolute Gasteiger partial charge is 0.393 e.